The Morgan fingerprint density at radius 3 is 2.73 bits per heavy atom. The van der Waals surface area contributed by atoms with E-state index in [9.17, 15) is 13.2 Å². The molecule has 118 valence electrons. The summed E-state index contributed by atoms with van der Waals surface area (Å²) in [5.41, 5.74) is 0.823. The molecule has 1 aromatic heterocycles. The summed E-state index contributed by atoms with van der Waals surface area (Å²) in [4.78, 5) is 11.8. The third-order valence-corrected chi connectivity index (χ3v) is 6.23. The number of ether oxygens (including phenoxy) is 1. The fourth-order valence-corrected chi connectivity index (χ4v) is 4.48. The van der Waals surface area contributed by atoms with Gasteiger partial charge in [0.05, 0.1) is 11.4 Å². The van der Waals surface area contributed by atoms with Gasteiger partial charge >= 0.3 is 0 Å². The fraction of sp³-hybridized carbons (Fsp3) is 0.214. The summed E-state index contributed by atoms with van der Waals surface area (Å²) in [5.74, 6) is -0.492. The zero-order valence-corrected chi connectivity index (χ0v) is 14.1. The van der Waals surface area contributed by atoms with Gasteiger partial charge in [0.1, 0.15) is 15.7 Å². The number of thiophene rings is 1. The van der Waals surface area contributed by atoms with Gasteiger partial charge in [-0.05, 0) is 29.8 Å². The first-order valence-electron chi connectivity index (χ1n) is 6.28. The lowest BCUT2D eigenvalue weighted by atomic mass is 10.2. The summed E-state index contributed by atoms with van der Waals surface area (Å²) in [6, 6.07) is 10.1. The maximum Gasteiger partial charge on any atom is 0.235 e. The zero-order chi connectivity index (χ0) is 16.2. The summed E-state index contributed by atoms with van der Waals surface area (Å²) in [6.45, 7) is 0.233. The van der Waals surface area contributed by atoms with Crippen LogP contribution in [0.3, 0.4) is 0 Å². The van der Waals surface area contributed by atoms with Crippen molar-refractivity contribution >= 4 is 38.7 Å². The van der Waals surface area contributed by atoms with Crippen LogP contribution in [-0.2, 0) is 21.2 Å². The van der Waals surface area contributed by atoms with E-state index in [0.29, 0.717) is 10.1 Å². The number of rotatable bonds is 6. The number of hydrogen-bond acceptors (Lipinski definition) is 5. The monoisotopic (exact) mass is 359 g/mol. The molecule has 0 fully saturated rings. The van der Waals surface area contributed by atoms with E-state index < -0.39 is 21.5 Å². The molecule has 22 heavy (non-hydrogen) atoms. The normalized spacial score (nSPS) is 11.2. The molecule has 5 nitrogen and oxygen atoms in total. The van der Waals surface area contributed by atoms with Crippen molar-refractivity contribution in [2.24, 2.45) is 0 Å². The highest BCUT2D eigenvalue weighted by Crippen LogP contribution is 2.26. The second-order valence-electron chi connectivity index (χ2n) is 4.45. The van der Waals surface area contributed by atoms with Gasteiger partial charge in [0.15, 0.2) is 9.84 Å². The molecule has 1 amide bonds. The van der Waals surface area contributed by atoms with Gasteiger partial charge in [-0.1, -0.05) is 23.7 Å². The summed E-state index contributed by atoms with van der Waals surface area (Å²) in [7, 11) is -2.11. The number of nitrogens with one attached hydrogen (secondary N) is 1. The van der Waals surface area contributed by atoms with Crippen LogP contribution in [-0.4, -0.2) is 27.2 Å². The van der Waals surface area contributed by atoms with E-state index in [1.54, 1.807) is 25.3 Å². The number of hydrogen-bond donors (Lipinski definition) is 1. The quantitative estimate of drug-likeness (QED) is 0.860. The van der Waals surface area contributed by atoms with E-state index >= 15 is 0 Å². The fourth-order valence-electron chi connectivity index (χ4n) is 1.74. The van der Waals surface area contributed by atoms with Crippen molar-refractivity contribution in [1.29, 1.82) is 0 Å². The Kier molecular flexibility index (Phi) is 5.44. The van der Waals surface area contributed by atoms with Crippen LogP contribution in [0, 0.1) is 0 Å². The minimum atomic E-state index is -3.66. The molecule has 0 unspecified atom stereocenters. The van der Waals surface area contributed by atoms with Gasteiger partial charge in [-0.25, -0.2) is 8.42 Å². The maximum absolute atomic E-state index is 12.0. The molecule has 0 aliphatic carbocycles. The average Bonchev–Trinajstić information content (AvgIpc) is 2.92. The lowest BCUT2D eigenvalue weighted by Crippen LogP contribution is -2.29. The van der Waals surface area contributed by atoms with Crippen molar-refractivity contribution in [1.82, 2.24) is 5.32 Å². The van der Waals surface area contributed by atoms with Crippen LogP contribution in [0.5, 0.6) is 5.75 Å². The number of methoxy groups -OCH3 is 1. The van der Waals surface area contributed by atoms with E-state index in [-0.39, 0.29) is 10.8 Å². The SMILES string of the molecule is COc1cccc(CNC(=O)CS(=O)(=O)c2ccc(Cl)s2)c1. The smallest absolute Gasteiger partial charge is 0.235 e. The van der Waals surface area contributed by atoms with Gasteiger partial charge in [0.25, 0.3) is 0 Å². The van der Waals surface area contributed by atoms with E-state index in [1.807, 2.05) is 6.07 Å². The van der Waals surface area contributed by atoms with E-state index in [1.165, 1.54) is 12.1 Å². The largest absolute Gasteiger partial charge is 0.497 e. The second-order valence-corrected chi connectivity index (χ2v) is 8.38. The van der Waals surface area contributed by atoms with Crippen molar-refractivity contribution in [3.8, 4) is 5.75 Å². The van der Waals surface area contributed by atoms with Gasteiger partial charge in [0.2, 0.25) is 5.91 Å². The summed E-state index contributed by atoms with van der Waals surface area (Å²) in [6.07, 6.45) is 0. The van der Waals surface area contributed by atoms with Gasteiger partial charge in [-0.3, -0.25) is 4.79 Å². The van der Waals surface area contributed by atoms with Gasteiger partial charge in [-0.15, -0.1) is 11.3 Å². The number of carbonyl (C=O) groups excluding carboxylic acids is 1. The molecule has 1 heterocycles. The van der Waals surface area contributed by atoms with Gasteiger partial charge in [0, 0.05) is 6.54 Å². The topological polar surface area (TPSA) is 72.5 Å². The number of benzene rings is 1. The highest BCUT2D eigenvalue weighted by Gasteiger charge is 2.21. The van der Waals surface area contributed by atoms with Crippen LogP contribution in [0.2, 0.25) is 4.34 Å². The first-order chi connectivity index (χ1) is 10.4. The molecule has 0 atom stereocenters. The Labute approximate surface area is 137 Å². The molecule has 2 rings (SSSR count). The van der Waals surface area contributed by atoms with Gasteiger partial charge in [-0.2, -0.15) is 0 Å². The first kappa shape index (κ1) is 16.8. The molecule has 0 spiro atoms. The molecule has 1 aromatic carbocycles. The van der Waals surface area contributed by atoms with Crippen molar-refractivity contribution < 1.29 is 17.9 Å². The number of carbonyl (C=O) groups is 1. The van der Waals surface area contributed by atoms with Crippen molar-refractivity contribution in [2.45, 2.75) is 10.8 Å². The highest BCUT2D eigenvalue weighted by molar-refractivity contribution is 7.94. The summed E-state index contributed by atoms with van der Waals surface area (Å²) < 4.78 is 29.6. The van der Waals surface area contributed by atoms with Gasteiger partial charge < -0.3 is 10.1 Å². The number of amides is 1. The van der Waals surface area contributed by atoms with Crippen LogP contribution in [0.1, 0.15) is 5.56 Å². The van der Waals surface area contributed by atoms with Crippen LogP contribution in [0.25, 0.3) is 0 Å². The minimum absolute atomic E-state index is 0.0917. The van der Waals surface area contributed by atoms with Crippen LogP contribution < -0.4 is 10.1 Å². The lowest BCUT2D eigenvalue weighted by molar-refractivity contribution is -0.118. The molecular weight excluding hydrogens is 346 g/mol. The first-order valence-corrected chi connectivity index (χ1v) is 9.13. The second kappa shape index (κ2) is 7.13. The highest BCUT2D eigenvalue weighted by atomic mass is 35.5. The number of sulfone groups is 1. The molecule has 0 saturated carbocycles. The standard InChI is InChI=1S/C14H14ClNO4S2/c1-20-11-4-2-3-10(7-11)8-16-13(17)9-22(18,19)14-6-5-12(15)21-14/h2-7H,8-9H2,1H3,(H,16,17). The summed E-state index contributed by atoms with van der Waals surface area (Å²) in [5, 5.41) is 2.58. The molecule has 1 N–H and O–H groups in total. The van der Waals surface area contributed by atoms with Crippen LogP contribution >= 0.6 is 22.9 Å². The van der Waals surface area contributed by atoms with Crippen LogP contribution in [0.15, 0.2) is 40.6 Å². The predicted molar refractivity (Wildman–Crippen MR) is 86.2 cm³/mol. The Bertz CT molecular complexity index is 771. The van der Waals surface area contributed by atoms with Crippen molar-refractivity contribution in [3.63, 3.8) is 0 Å². The lowest BCUT2D eigenvalue weighted by Gasteiger charge is -2.07. The molecular formula is C14H14ClNO4S2. The zero-order valence-electron chi connectivity index (χ0n) is 11.7. The third-order valence-electron chi connectivity index (χ3n) is 2.80. The molecule has 0 radical (unpaired) electrons. The Balaban J connectivity index is 1.95. The Morgan fingerprint density at radius 1 is 1.32 bits per heavy atom. The van der Waals surface area contributed by atoms with Crippen molar-refractivity contribution in [3.05, 3.63) is 46.3 Å². The molecule has 0 saturated heterocycles. The van der Waals surface area contributed by atoms with E-state index in [2.05, 4.69) is 5.32 Å². The molecule has 2 aromatic rings. The predicted octanol–water partition coefficient (Wildman–Crippen LogP) is 2.50. The maximum atomic E-state index is 12.0. The Hall–Kier alpha value is -1.57. The van der Waals surface area contributed by atoms with E-state index in [4.69, 9.17) is 16.3 Å². The Morgan fingerprint density at radius 2 is 2.09 bits per heavy atom. The third kappa shape index (κ3) is 4.46. The summed E-state index contributed by atoms with van der Waals surface area (Å²) >= 11 is 6.65. The van der Waals surface area contributed by atoms with Crippen molar-refractivity contribution in [2.75, 3.05) is 12.9 Å². The number of halogens is 1. The van der Waals surface area contributed by atoms with E-state index in [0.717, 1.165) is 16.9 Å². The molecule has 8 heteroatoms. The van der Waals surface area contributed by atoms with Crippen LogP contribution in [0.4, 0.5) is 0 Å². The average molecular weight is 360 g/mol. The molecule has 0 bridgehead atoms. The minimum Gasteiger partial charge on any atom is -0.497 e. The molecule has 0 aliphatic heterocycles. The molecule has 0 aliphatic rings.